The van der Waals surface area contributed by atoms with Gasteiger partial charge in [-0.25, -0.2) is 4.79 Å². The number of aromatic amines is 1. The molecule has 0 radical (unpaired) electrons. The molecule has 6 nitrogen and oxygen atoms in total. The molecular formula is C18H20N2O4. The Hall–Kier alpha value is -2.50. The molecule has 1 aliphatic heterocycles. The van der Waals surface area contributed by atoms with Gasteiger partial charge in [0.25, 0.3) is 5.91 Å². The Kier molecular flexibility index (Phi) is 3.30. The topological polar surface area (TPSA) is 82.6 Å². The fourth-order valence-electron chi connectivity index (χ4n) is 3.81. The molecule has 6 heteroatoms. The Morgan fingerprint density at radius 1 is 1.33 bits per heavy atom. The number of carbonyl (C=O) groups is 2. The van der Waals surface area contributed by atoms with Crippen molar-refractivity contribution in [1.82, 2.24) is 9.88 Å². The van der Waals surface area contributed by atoms with Gasteiger partial charge in [0.1, 0.15) is 17.5 Å². The highest BCUT2D eigenvalue weighted by Crippen LogP contribution is 2.55. The number of aromatic nitrogens is 1. The molecule has 1 atom stereocenters. The number of hydrogen-bond acceptors (Lipinski definition) is 3. The predicted octanol–water partition coefficient (Wildman–Crippen LogP) is 2.65. The molecule has 2 heterocycles. The number of carboxylic acid groups (broad SMARTS) is 1. The van der Waals surface area contributed by atoms with Gasteiger partial charge in [-0.15, -0.1) is 0 Å². The van der Waals surface area contributed by atoms with E-state index in [9.17, 15) is 14.7 Å². The predicted molar refractivity (Wildman–Crippen MR) is 88.2 cm³/mol. The van der Waals surface area contributed by atoms with E-state index in [-0.39, 0.29) is 11.3 Å². The van der Waals surface area contributed by atoms with E-state index >= 15 is 0 Å². The molecule has 1 aromatic heterocycles. The number of nitrogens with zero attached hydrogens (tertiary/aromatic N) is 1. The summed E-state index contributed by atoms with van der Waals surface area (Å²) >= 11 is 0. The highest BCUT2D eigenvalue weighted by molar-refractivity contribution is 6.01. The summed E-state index contributed by atoms with van der Waals surface area (Å²) in [5.74, 6) is -0.479. The zero-order valence-electron chi connectivity index (χ0n) is 13.5. The lowest BCUT2D eigenvalue weighted by Gasteiger charge is -2.37. The number of piperidine rings is 1. The molecule has 0 bridgehead atoms. The average Bonchev–Trinajstić information content (AvgIpc) is 3.18. The number of fused-ring (bicyclic) bond motifs is 1. The SMILES string of the molecule is COc1cccc2[nH]c(C(=O)N3CCC4(CC4)CC3C(=O)O)cc12. The van der Waals surface area contributed by atoms with Gasteiger partial charge in [-0.05, 0) is 49.3 Å². The number of hydrogen-bond donors (Lipinski definition) is 2. The van der Waals surface area contributed by atoms with E-state index in [1.54, 1.807) is 13.2 Å². The van der Waals surface area contributed by atoms with Gasteiger partial charge < -0.3 is 19.7 Å². The fourth-order valence-corrected chi connectivity index (χ4v) is 3.81. The maximum absolute atomic E-state index is 12.9. The van der Waals surface area contributed by atoms with E-state index in [1.807, 2.05) is 18.2 Å². The summed E-state index contributed by atoms with van der Waals surface area (Å²) in [5, 5.41) is 10.4. The Morgan fingerprint density at radius 3 is 2.79 bits per heavy atom. The van der Waals surface area contributed by atoms with E-state index in [2.05, 4.69) is 4.98 Å². The van der Waals surface area contributed by atoms with Crippen molar-refractivity contribution < 1.29 is 19.4 Å². The zero-order chi connectivity index (χ0) is 16.9. The first-order chi connectivity index (χ1) is 11.5. The molecule has 4 rings (SSSR count). The van der Waals surface area contributed by atoms with Crippen LogP contribution >= 0.6 is 0 Å². The van der Waals surface area contributed by atoms with Crippen LogP contribution in [0.15, 0.2) is 24.3 Å². The molecule has 1 aliphatic carbocycles. The molecule has 1 saturated carbocycles. The molecule has 2 aliphatic rings. The Balaban J connectivity index is 1.66. The third-order valence-corrected chi connectivity index (χ3v) is 5.46. The number of nitrogens with one attached hydrogen (secondary N) is 1. The Morgan fingerprint density at radius 2 is 2.12 bits per heavy atom. The minimum atomic E-state index is -0.914. The van der Waals surface area contributed by atoms with Gasteiger partial charge in [0.15, 0.2) is 0 Å². The monoisotopic (exact) mass is 328 g/mol. The maximum atomic E-state index is 12.9. The summed E-state index contributed by atoms with van der Waals surface area (Å²) in [6.45, 7) is 0.502. The third kappa shape index (κ3) is 2.33. The molecule has 1 saturated heterocycles. The number of likely N-dealkylation sites (tertiary alicyclic amines) is 1. The molecule has 2 aromatic rings. The van der Waals surface area contributed by atoms with Crippen molar-refractivity contribution in [3.05, 3.63) is 30.0 Å². The quantitative estimate of drug-likeness (QED) is 0.907. The lowest BCUT2D eigenvalue weighted by atomic mass is 9.87. The van der Waals surface area contributed by atoms with Crippen molar-refractivity contribution in [2.75, 3.05) is 13.7 Å². The van der Waals surface area contributed by atoms with Gasteiger partial charge in [-0.3, -0.25) is 4.79 Å². The van der Waals surface area contributed by atoms with Crippen LogP contribution in [0.2, 0.25) is 0 Å². The average molecular weight is 328 g/mol. The van der Waals surface area contributed by atoms with Crippen LogP contribution in [0.25, 0.3) is 10.9 Å². The van der Waals surface area contributed by atoms with Crippen LogP contribution in [0.3, 0.4) is 0 Å². The molecule has 1 aromatic carbocycles. The van der Waals surface area contributed by atoms with Crippen molar-refractivity contribution in [2.24, 2.45) is 5.41 Å². The minimum absolute atomic E-state index is 0.170. The maximum Gasteiger partial charge on any atom is 0.326 e. The van der Waals surface area contributed by atoms with Crippen molar-refractivity contribution in [3.8, 4) is 5.75 Å². The van der Waals surface area contributed by atoms with Crippen LogP contribution in [-0.4, -0.2) is 46.6 Å². The van der Waals surface area contributed by atoms with E-state index in [1.165, 1.54) is 4.90 Å². The van der Waals surface area contributed by atoms with Gasteiger partial charge in [0, 0.05) is 17.4 Å². The lowest BCUT2D eigenvalue weighted by molar-refractivity contribution is -0.144. The van der Waals surface area contributed by atoms with Crippen molar-refractivity contribution in [1.29, 1.82) is 0 Å². The molecule has 126 valence electrons. The summed E-state index contributed by atoms with van der Waals surface area (Å²) in [6, 6.07) is 6.57. The number of carbonyl (C=O) groups excluding carboxylic acids is 1. The molecule has 1 amide bonds. The molecule has 1 unspecified atom stereocenters. The van der Waals surface area contributed by atoms with E-state index < -0.39 is 12.0 Å². The zero-order valence-corrected chi connectivity index (χ0v) is 13.5. The van der Waals surface area contributed by atoms with Crippen LogP contribution in [-0.2, 0) is 4.79 Å². The van der Waals surface area contributed by atoms with Gasteiger partial charge in [0.05, 0.1) is 7.11 Å². The second kappa shape index (κ2) is 5.26. The third-order valence-electron chi connectivity index (χ3n) is 5.46. The minimum Gasteiger partial charge on any atom is -0.496 e. The number of aliphatic carboxylic acids is 1. The smallest absolute Gasteiger partial charge is 0.326 e. The highest BCUT2D eigenvalue weighted by Gasteiger charge is 2.51. The summed E-state index contributed by atoms with van der Waals surface area (Å²) in [6.07, 6.45) is 3.63. The number of amides is 1. The number of methoxy groups -OCH3 is 1. The van der Waals surface area contributed by atoms with Gasteiger partial charge >= 0.3 is 5.97 Å². The molecular weight excluding hydrogens is 308 g/mol. The normalized spacial score (nSPS) is 21.9. The van der Waals surface area contributed by atoms with Gasteiger partial charge in [-0.1, -0.05) is 6.07 Å². The fraction of sp³-hybridized carbons (Fsp3) is 0.444. The molecule has 2 fully saturated rings. The lowest BCUT2D eigenvalue weighted by Crippen LogP contribution is -2.50. The second-order valence-corrected chi connectivity index (χ2v) is 6.91. The van der Waals surface area contributed by atoms with Crippen molar-refractivity contribution in [2.45, 2.75) is 31.7 Å². The second-order valence-electron chi connectivity index (χ2n) is 6.91. The first-order valence-corrected chi connectivity index (χ1v) is 8.22. The van der Waals surface area contributed by atoms with E-state index in [0.717, 1.165) is 30.2 Å². The number of benzene rings is 1. The first kappa shape index (κ1) is 15.1. The number of H-pyrrole nitrogens is 1. The van der Waals surface area contributed by atoms with Gasteiger partial charge in [0.2, 0.25) is 0 Å². The van der Waals surface area contributed by atoms with Crippen molar-refractivity contribution in [3.63, 3.8) is 0 Å². The summed E-state index contributed by atoms with van der Waals surface area (Å²) in [5.41, 5.74) is 1.39. The van der Waals surface area contributed by atoms with Crippen LogP contribution in [0.5, 0.6) is 5.75 Å². The first-order valence-electron chi connectivity index (χ1n) is 8.22. The number of rotatable bonds is 3. The standard InChI is InChI=1S/C18H20N2O4/c1-24-15-4-2-3-12-11(15)9-13(19-12)16(21)20-8-7-18(5-6-18)10-14(20)17(22)23/h2-4,9,14,19H,5-8,10H2,1H3,(H,22,23). The van der Waals surface area contributed by atoms with Crippen LogP contribution in [0.1, 0.15) is 36.2 Å². The summed E-state index contributed by atoms with van der Waals surface area (Å²) < 4.78 is 5.32. The molecule has 2 N–H and O–H groups in total. The van der Waals surface area contributed by atoms with Crippen LogP contribution in [0, 0.1) is 5.41 Å². The van der Waals surface area contributed by atoms with Crippen molar-refractivity contribution >= 4 is 22.8 Å². The summed E-state index contributed by atoms with van der Waals surface area (Å²) in [4.78, 5) is 29.2. The number of ether oxygens (including phenoxy) is 1. The summed E-state index contributed by atoms with van der Waals surface area (Å²) in [7, 11) is 1.59. The number of carboxylic acids is 1. The molecule has 24 heavy (non-hydrogen) atoms. The van der Waals surface area contributed by atoms with E-state index in [0.29, 0.717) is 24.4 Å². The largest absolute Gasteiger partial charge is 0.496 e. The molecule has 1 spiro atoms. The van der Waals surface area contributed by atoms with Crippen LogP contribution in [0.4, 0.5) is 0 Å². The Bertz CT molecular complexity index is 822. The Labute approximate surface area is 139 Å². The highest BCUT2D eigenvalue weighted by atomic mass is 16.5. The van der Waals surface area contributed by atoms with E-state index in [4.69, 9.17) is 4.74 Å². The van der Waals surface area contributed by atoms with Gasteiger partial charge in [-0.2, -0.15) is 0 Å². The van der Waals surface area contributed by atoms with Crippen LogP contribution < -0.4 is 4.74 Å².